The maximum Gasteiger partial charge on any atom is 0.356 e. The minimum absolute atomic E-state index is 0.340. The summed E-state index contributed by atoms with van der Waals surface area (Å²) in [7, 11) is 1.36. The van der Waals surface area contributed by atoms with E-state index in [1.54, 1.807) is 12.3 Å². The second-order valence-corrected chi connectivity index (χ2v) is 3.69. The average molecular weight is 233 g/mol. The summed E-state index contributed by atoms with van der Waals surface area (Å²) in [5, 5.41) is 5.28. The van der Waals surface area contributed by atoms with Gasteiger partial charge in [-0.3, -0.25) is 4.68 Å². The fourth-order valence-corrected chi connectivity index (χ4v) is 1.87. The first kappa shape index (κ1) is 11.6. The number of ether oxygens (including phenoxy) is 1. The van der Waals surface area contributed by atoms with Crippen LogP contribution in [0.2, 0.25) is 0 Å². The molecule has 0 unspecified atom stereocenters. The Labute approximate surface area is 99.4 Å². The van der Waals surface area contributed by atoms with Crippen molar-refractivity contribution in [2.24, 2.45) is 0 Å². The Balaban J connectivity index is 2.69. The van der Waals surface area contributed by atoms with Crippen molar-refractivity contribution in [2.45, 2.75) is 26.8 Å². The molecule has 0 saturated heterocycles. The lowest BCUT2D eigenvalue weighted by Gasteiger charge is -2.05. The van der Waals surface area contributed by atoms with Gasteiger partial charge in [0.1, 0.15) is 0 Å². The van der Waals surface area contributed by atoms with E-state index in [2.05, 4.69) is 10.1 Å². The molecule has 0 aliphatic carbocycles. The van der Waals surface area contributed by atoms with E-state index in [4.69, 9.17) is 4.74 Å². The highest BCUT2D eigenvalue weighted by Gasteiger charge is 2.14. The van der Waals surface area contributed by atoms with E-state index < -0.39 is 5.97 Å². The minimum atomic E-state index is -0.412. The lowest BCUT2D eigenvalue weighted by atomic mass is 10.2. The summed E-state index contributed by atoms with van der Waals surface area (Å²) in [5.41, 5.74) is 2.15. The zero-order chi connectivity index (χ0) is 12.4. The third-order valence-corrected chi connectivity index (χ3v) is 2.75. The maximum atomic E-state index is 11.5. The third-order valence-electron chi connectivity index (χ3n) is 2.75. The summed E-state index contributed by atoms with van der Waals surface area (Å²) in [6.07, 6.45) is 2.56. The van der Waals surface area contributed by atoms with E-state index in [0.29, 0.717) is 5.69 Å². The van der Waals surface area contributed by atoms with E-state index in [-0.39, 0.29) is 0 Å². The largest absolute Gasteiger partial charge is 0.464 e. The van der Waals surface area contributed by atoms with Crippen molar-refractivity contribution in [3.63, 3.8) is 0 Å². The molecule has 0 aliphatic rings. The molecule has 0 amide bonds. The lowest BCUT2D eigenvalue weighted by molar-refractivity contribution is 0.0594. The number of rotatable bonds is 3. The Kier molecular flexibility index (Phi) is 3.08. The monoisotopic (exact) mass is 233 g/mol. The fraction of sp³-hybridized carbons (Fsp3) is 0.417. The molecule has 0 radical (unpaired) electrons. The van der Waals surface area contributed by atoms with Gasteiger partial charge in [0, 0.05) is 11.9 Å². The summed E-state index contributed by atoms with van der Waals surface area (Å²) >= 11 is 0. The van der Waals surface area contributed by atoms with Crippen LogP contribution in [0.25, 0.3) is 10.9 Å². The number of methoxy groups -OCH3 is 1. The highest BCUT2D eigenvalue weighted by Crippen LogP contribution is 2.19. The van der Waals surface area contributed by atoms with Crippen LogP contribution >= 0.6 is 0 Å². The normalized spacial score (nSPS) is 10.8. The molecule has 0 aromatic carbocycles. The molecular weight excluding hydrogens is 218 g/mol. The number of esters is 1. The topological polar surface area (TPSA) is 57.0 Å². The number of hydrogen-bond donors (Lipinski definition) is 0. The highest BCUT2D eigenvalue weighted by molar-refractivity contribution is 5.92. The van der Waals surface area contributed by atoms with Crippen LogP contribution in [-0.4, -0.2) is 27.8 Å². The van der Waals surface area contributed by atoms with E-state index in [0.717, 1.165) is 29.6 Å². The van der Waals surface area contributed by atoms with E-state index in [9.17, 15) is 4.79 Å². The van der Waals surface area contributed by atoms with Crippen molar-refractivity contribution in [3.8, 4) is 0 Å². The first-order valence-corrected chi connectivity index (χ1v) is 5.65. The molecule has 2 heterocycles. The predicted octanol–water partition coefficient (Wildman–Crippen LogP) is 1.80. The summed E-state index contributed by atoms with van der Waals surface area (Å²) in [5.74, 6) is -0.412. The van der Waals surface area contributed by atoms with Gasteiger partial charge in [-0.05, 0) is 19.4 Å². The number of carbonyl (C=O) groups excluding carboxylic acids is 1. The van der Waals surface area contributed by atoms with Gasteiger partial charge in [-0.1, -0.05) is 6.92 Å². The Morgan fingerprint density at radius 2 is 2.24 bits per heavy atom. The van der Waals surface area contributed by atoms with Crippen LogP contribution in [0.15, 0.2) is 12.3 Å². The van der Waals surface area contributed by atoms with Crippen LogP contribution in [0, 0.1) is 0 Å². The van der Waals surface area contributed by atoms with Crippen LogP contribution < -0.4 is 0 Å². The Bertz CT molecular complexity index is 560. The predicted molar refractivity (Wildman–Crippen MR) is 63.9 cm³/mol. The second-order valence-electron chi connectivity index (χ2n) is 3.69. The lowest BCUT2D eigenvalue weighted by Crippen LogP contribution is -2.07. The van der Waals surface area contributed by atoms with Gasteiger partial charge in [-0.2, -0.15) is 5.10 Å². The van der Waals surface area contributed by atoms with Crippen LogP contribution in [0.3, 0.4) is 0 Å². The van der Waals surface area contributed by atoms with Crippen LogP contribution in [0.1, 0.15) is 30.0 Å². The van der Waals surface area contributed by atoms with Crippen molar-refractivity contribution in [3.05, 3.63) is 23.7 Å². The molecule has 2 aromatic rings. The van der Waals surface area contributed by atoms with Crippen molar-refractivity contribution in [2.75, 3.05) is 7.11 Å². The number of hydrogen-bond acceptors (Lipinski definition) is 4. The molecule has 5 heteroatoms. The van der Waals surface area contributed by atoms with Gasteiger partial charge in [-0.25, -0.2) is 9.78 Å². The van der Waals surface area contributed by atoms with Crippen molar-refractivity contribution in [1.29, 1.82) is 0 Å². The molecule has 5 nitrogen and oxygen atoms in total. The van der Waals surface area contributed by atoms with Crippen molar-refractivity contribution < 1.29 is 9.53 Å². The van der Waals surface area contributed by atoms with Crippen molar-refractivity contribution >= 4 is 16.9 Å². The van der Waals surface area contributed by atoms with Crippen molar-refractivity contribution in [1.82, 2.24) is 14.8 Å². The summed E-state index contributed by atoms with van der Waals surface area (Å²) in [4.78, 5) is 15.8. The molecule has 17 heavy (non-hydrogen) atoms. The number of carbonyl (C=O) groups is 1. The molecule has 2 rings (SSSR count). The number of aromatic nitrogens is 3. The number of aryl methyl sites for hydroxylation is 2. The molecule has 0 saturated carbocycles. The zero-order valence-corrected chi connectivity index (χ0v) is 10.2. The molecule has 2 aromatic heterocycles. The average Bonchev–Trinajstić information content (AvgIpc) is 2.79. The van der Waals surface area contributed by atoms with E-state index in [1.165, 1.54) is 7.11 Å². The number of fused-ring (bicyclic) bond motifs is 1. The smallest absolute Gasteiger partial charge is 0.356 e. The standard InChI is InChI=1S/C12H15N3O2/c1-4-9-8-7-13-15(5-2)11(8)6-10(14-9)12(16)17-3/h6-7H,4-5H2,1-3H3. The molecular formula is C12H15N3O2. The van der Waals surface area contributed by atoms with E-state index >= 15 is 0 Å². The molecule has 0 aliphatic heterocycles. The van der Waals surface area contributed by atoms with E-state index in [1.807, 2.05) is 18.5 Å². The Morgan fingerprint density at radius 3 is 2.82 bits per heavy atom. The molecule has 0 atom stereocenters. The molecule has 0 N–H and O–H groups in total. The van der Waals surface area contributed by atoms with Gasteiger partial charge in [-0.15, -0.1) is 0 Å². The van der Waals surface area contributed by atoms with Gasteiger partial charge in [0.15, 0.2) is 5.69 Å². The number of nitrogens with zero attached hydrogens (tertiary/aromatic N) is 3. The summed E-state index contributed by atoms with van der Waals surface area (Å²) in [6, 6.07) is 1.73. The second kappa shape index (κ2) is 4.53. The van der Waals surface area contributed by atoms with Crippen LogP contribution in [-0.2, 0) is 17.7 Å². The molecule has 0 spiro atoms. The van der Waals surface area contributed by atoms with Crippen LogP contribution in [0.4, 0.5) is 0 Å². The highest BCUT2D eigenvalue weighted by atomic mass is 16.5. The quantitative estimate of drug-likeness (QED) is 0.758. The van der Waals surface area contributed by atoms with Gasteiger partial charge in [0.25, 0.3) is 0 Å². The number of pyridine rings is 1. The minimum Gasteiger partial charge on any atom is -0.464 e. The van der Waals surface area contributed by atoms with Gasteiger partial charge < -0.3 is 4.74 Å². The molecule has 0 fully saturated rings. The third kappa shape index (κ3) is 1.88. The SMILES string of the molecule is CCc1nc(C(=O)OC)cc2c1cnn2CC. The molecule has 90 valence electrons. The Hall–Kier alpha value is -1.91. The Morgan fingerprint density at radius 1 is 1.47 bits per heavy atom. The van der Waals surface area contributed by atoms with Crippen LogP contribution in [0.5, 0.6) is 0 Å². The summed E-state index contributed by atoms with van der Waals surface area (Å²) in [6.45, 7) is 4.78. The molecule has 0 bridgehead atoms. The maximum absolute atomic E-state index is 11.5. The fourth-order valence-electron chi connectivity index (χ4n) is 1.87. The zero-order valence-electron chi connectivity index (χ0n) is 10.2. The van der Waals surface area contributed by atoms with Gasteiger partial charge >= 0.3 is 5.97 Å². The van der Waals surface area contributed by atoms with Gasteiger partial charge in [0.05, 0.1) is 24.5 Å². The van der Waals surface area contributed by atoms with Gasteiger partial charge in [0.2, 0.25) is 0 Å². The summed E-state index contributed by atoms with van der Waals surface area (Å²) < 4.78 is 6.55. The first-order valence-electron chi connectivity index (χ1n) is 5.65. The first-order chi connectivity index (χ1) is 8.21.